The van der Waals surface area contributed by atoms with E-state index in [0.29, 0.717) is 5.82 Å². The van der Waals surface area contributed by atoms with E-state index in [0.717, 1.165) is 26.1 Å². The molecule has 0 saturated carbocycles. The Morgan fingerprint density at radius 3 is 2.67 bits per heavy atom. The highest BCUT2D eigenvalue weighted by Gasteiger charge is 2.08. The summed E-state index contributed by atoms with van der Waals surface area (Å²) >= 11 is 6.90. The molecule has 0 radical (unpaired) electrons. The second kappa shape index (κ2) is 5.58. The molecule has 0 bridgehead atoms. The number of anilines is 3. The van der Waals surface area contributed by atoms with Crippen LogP contribution in [0.15, 0.2) is 39.4 Å². The van der Waals surface area contributed by atoms with E-state index in [4.69, 9.17) is 10.5 Å². The number of halogens is 2. The third-order valence-corrected chi connectivity index (χ3v) is 3.63. The van der Waals surface area contributed by atoms with Crippen molar-refractivity contribution >= 4 is 49.1 Å². The van der Waals surface area contributed by atoms with Gasteiger partial charge in [-0.1, -0.05) is 0 Å². The molecular weight excluding hydrogens is 362 g/mol. The molecule has 0 aliphatic carbocycles. The first-order valence-electron chi connectivity index (χ1n) is 5.12. The highest BCUT2D eigenvalue weighted by molar-refractivity contribution is 9.11. The minimum atomic E-state index is 0.450. The molecule has 0 amide bonds. The van der Waals surface area contributed by atoms with Gasteiger partial charge in [0, 0.05) is 16.7 Å². The Morgan fingerprint density at radius 1 is 1.22 bits per heavy atom. The zero-order chi connectivity index (χ0) is 13.1. The van der Waals surface area contributed by atoms with Gasteiger partial charge in [-0.15, -0.1) is 0 Å². The molecular formula is C12H11Br2N3O. The standard InChI is InChI=1S/C12H11Br2N3O/c1-18-11-6-10(7(13)5-8(11)14)17-9-3-2-4-16-12(9)15/h2-6,17H,1H3,(H2,15,16). The van der Waals surface area contributed by atoms with Gasteiger partial charge in [0.05, 0.1) is 23.0 Å². The number of nitrogens with zero attached hydrogens (tertiary/aromatic N) is 1. The maximum absolute atomic E-state index is 5.79. The van der Waals surface area contributed by atoms with E-state index in [2.05, 4.69) is 42.2 Å². The first-order chi connectivity index (χ1) is 8.61. The van der Waals surface area contributed by atoms with Gasteiger partial charge in [-0.2, -0.15) is 0 Å². The summed E-state index contributed by atoms with van der Waals surface area (Å²) in [5.41, 5.74) is 7.40. The number of ether oxygens (including phenoxy) is 1. The highest BCUT2D eigenvalue weighted by Crippen LogP contribution is 2.36. The third kappa shape index (κ3) is 2.76. The van der Waals surface area contributed by atoms with Gasteiger partial charge in [0.15, 0.2) is 0 Å². The van der Waals surface area contributed by atoms with E-state index < -0.39 is 0 Å². The fourth-order valence-electron chi connectivity index (χ4n) is 1.45. The smallest absolute Gasteiger partial charge is 0.147 e. The second-order valence-corrected chi connectivity index (χ2v) is 5.24. The van der Waals surface area contributed by atoms with Gasteiger partial charge in [-0.3, -0.25) is 0 Å². The van der Waals surface area contributed by atoms with Crippen molar-refractivity contribution < 1.29 is 4.74 Å². The van der Waals surface area contributed by atoms with E-state index in [1.165, 1.54) is 0 Å². The fraction of sp³-hybridized carbons (Fsp3) is 0.0833. The molecule has 0 spiro atoms. The molecule has 4 nitrogen and oxygen atoms in total. The van der Waals surface area contributed by atoms with Crippen LogP contribution >= 0.6 is 31.9 Å². The molecule has 0 saturated heterocycles. The molecule has 0 atom stereocenters. The topological polar surface area (TPSA) is 60.2 Å². The summed E-state index contributed by atoms with van der Waals surface area (Å²) < 4.78 is 7.03. The minimum absolute atomic E-state index is 0.450. The van der Waals surface area contributed by atoms with Crippen LogP contribution in [0, 0.1) is 0 Å². The van der Waals surface area contributed by atoms with Gasteiger partial charge in [0.1, 0.15) is 11.6 Å². The maximum atomic E-state index is 5.79. The predicted molar refractivity (Wildman–Crippen MR) is 80.3 cm³/mol. The second-order valence-electron chi connectivity index (χ2n) is 3.53. The number of hydrogen-bond donors (Lipinski definition) is 2. The molecule has 0 fully saturated rings. The largest absolute Gasteiger partial charge is 0.495 e. The maximum Gasteiger partial charge on any atom is 0.147 e. The number of pyridine rings is 1. The molecule has 18 heavy (non-hydrogen) atoms. The van der Waals surface area contributed by atoms with Crippen LogP contribution in [0.4, 0.5) is 17.2 Å². The predicted octanol–water partition coefficient (Wildman–Crippen LogP) is 3.94. The molecule has 6 heteroatoms. The van der Waals surface area contributed by atoms with Crippen molar-refractivity contribution in [2.45, 2.75) is 0 Å². The number of aromatic nitrogens is 1. The Balaban J connectivity index is 2.38. The average Bonchev–Trinajstić information content (AvgIpc) is 2.35. The summed E-state index contributed by atoms with van der Waals surface area (Å²) in [6, 6.07) is 7.47. The lowest BCUT2D eigenvalue weighted by Crippen LogP contribution is -1.99. The van der Waals surface area contributed by atoms with Crippen molar-refractivity contribution in [2.24, 2.45) is 0 Å². The Bertz CT molecular complexity index is 575. The summed E-state index contributed by atoms with van der Waals surface area (Å²) in [7, 11) is 1.62. The summed E-state index contributed by atoms with van der Waals surface area (Å²) in [4.78, 5) is 4.02. The van der Waals surface area contributed by atoms with Crippen molar-refractivity contribution in [3.05, 3.63) is 39.4 Å². The van der Waals surface area contributed by atoms with Crippen molar-refractivity contribution in [2.75, 3.05) is 18.2 Å². The van der Waals surface area contributed by atoms with Crippen molar-refractivity contribution in [1.29, 1.82) is 0 Å². The fourth-order valence-corrected chi connectivity index (χ4v) is 2.70. The number of nitrogens with two attached hydrogens (primary N) is 1. The Labute approximate surface area is 122 Å². The van der Waals surface area contributed by atoms with Crippen LogP contribution < -0.4 is 15.8 Å². The number of nitrogens with one attached hydrogen (secondary N) is 1. The van der Waals surface area contributed by atoms with Gasteiger partial charge in [-0.05, 0) is 50.1 Å². The summed E-state index contributed by atoms with van der Waals surface area (Å²) in [5.74, 6) is 1.19. The molecule has 1 aromatic carbocycles. The van der Waals surface area contributed by atoms with Crippen molar-refractivity contribution in [3.8, 4) is 5.75 Å². The summed E-state index contributed by atoms with van der Waals surface area (Å²) in [5, 5.41) is 3.21. The zero-order valence-corrected chi connectivity index (χ0v) is 12.7. The number of methoxy groups -OCH3 is 1. The van der Waals surface area contributed by atoms with Crippen LogP contribution in [0.3, 0.4) is 0 Å². The summed E-state index contributed by atoms with van der Waals surface area (Å²) in [6.45, 7) is 0. The highest BCUT2D eigenvalue weighted by atomic mass is 79.9. The lowest BCUT2D eigenvalue weighted by Gasteiger charge is -2.12. The van der Waals surface area contributed by atoms with Gasteiger partial charge in [-0.25, -0.2) is 4.98 Å². The molecule has 94 valence electrons. The van der Waals surface area contributed by atoms with Gasteiger partial charge >= 0.3 is 0 Å². The van der Waals surface area contributed by atoms with Crippen molar-refractivity contribution in [3.63, 3.8) is 0 Å². The first kappa shape index (κ1) is 13.2. The SMILES string of the molecule is COc1cc(Nc2cccnc2N)c(Br)cc1Br. The van der Waals surface area contributed by atoms with Crippen LogP contribution in [0.2, 0.25) is 0 Å². The lowest BCUT2D eigenvalue weighted by molar-refractivity contribution is 0.412. The number of nitrogen functional groups attached to an aromatic ring is 1. The van der Waals surface area contributed by atoms with Crippen LogP contribution in [0.25, 0.3) is 0 Å². The Morgan fingerprint density at radius 2 is 2.00 bits per heavy atom. The third-order valence-electron chi connectivity index (χ3n) is 2.35. The molecule has 2 aromatic rings. The zero-order valence-electron chi connectivity index (χ0n) is 9.58. The van der Waals surface area contributed by atoms with Gasteiger partial charge < -0.3 is 15.8 Å². The normalized spacial score (nSPS) is 10.2. The van der Waals surface area contributed by atoms with E-state index in [-0.39, 0.29) is 0 Å². The molecule has 3 N–H and O–H groups in total. The van der Waals surface area contributed by atoms with Gasteiger partial charge in [0.2, 0.25) is 0 Å². The average molecular weight is 373 g/mol. The van der Waals surface area contributed by atoms with Crippen LogP contribution in [0.1, 0.15) is 0 Å². The van der Waals surface area contributed by atoms with E-state index in [1.807, 2.05) is 24.3 Å². The monoisotopic (exact) mass is 371 g/mol. The molecule has 0 aliphatic heterocycles. The molecule has 1 heterocycles. The van der Waals surface area contributed by atoms with Gasteiger partial charge in [0.25, 0.3) is 0 Å². The van der Waals surface area contributed by atoms with E-state index in [1.54, 1.807) is 13.3 Å². The number of hydrogen-bond acceptors (Lipinski definition) is 4. The van der Waals surface area contributed by atoms with E-state index >= 15 is 0 Å². The molecule has 0 aliphatic rings. The molecule has 1 aromatic heterocycles. The Kier molecular flexibility index (Phi) is 4.08. The van der Waals surface area contributed by atoms with Crippen LogP contribution in [0.5, 0.6) is 5.75 Å². The number of benzene rings is 1. The molecule has 0 unspecified atom stereocenters. The minimum Gasteiger partial charge on any atom is -0.495 e. The van der Waals surface area contributed by atoms with Crippen LogP contribution in [-0.2, 0) is 0 Å². The van der Waals surface area contributed by atoms with Crippen molar-refractivity contribution in [1.82, 2.24) is 4.98 Å². The Hall–Kier alpha value is -1.27. The summed E-state index contributed by atoms with van der Waals surface area (Å²) in [6.07, 6.45) is 1.65. The quantitative estimate of drug-likeness (QED) is 0.856. The molecule has 2 rings (SSSR count). The number of rotatable bonds is 3. The lowest BCUT2D eigenvalue weighted by atomic mass is 10.3. The first-order valence-corrected chi connectivity index (χ1v) is 6.71. The van der Waals surface area contributed by atoms with Crippen LogP contribution in [-0.4, -0.2) is 12.1 Å². The van der Waals surface area contributed by atoms with E-state index in [9.17, 15) is 0 Å².